The fourth-order valence-corrected chi connectivity index (χ4v) is 1.81. The smallest absolute Gasteiger partial charge is 0.325 e. The Bertz CT molecular complexity index is 265. The summed E-state index contributed by atoms with van der Waals surface area (Å²) in [5.41, 5.74) is 0. The highest BCUT2D eigenvalue weighted by Gasteiger charge is 2.13. The second-order valence-electron chi connectivity index (χ2n) is 4.19. The molecule has 6 heteroatoms. The lowest BCUT2D eigenvalue weighted by Gasteiger charge is -2.22. The summed E-state index contributed by atoms with van der Waals surface area (Å²) in [6.45, 7) is 3.32. The zero-order valence-corrected chi connectivity index (χ0v) is 10.9. The van der Waals surface area contributed by atoms with Crippen LogP contribution >= 0.6 is 0 Å². The average Bonchev–Trinajstić information content (AvgIpc) is 2.38. The van der Waals surface area contributed by atoms with Gasteiger partial charge in [0.25, 0.3) is 0 Å². The summed E-state index contributed by atoms with van der Waals surface area (Å²) < 4.78 is 10.2. The monoisotopic (exact) mass is 258 g/mol. The Morgan fingerprint density at radius 2 is 2.17 bits per heavy atom. The van der Waals surface area contributed by atoms with Crippen LogP contribution in [-0.2, 0) is 14.3 Å². The van der Waals surface area contributed by atoms with Crippen molar-refractivity contribution in [3.05, 3.63) is 0 Å². The fraction of sp³-hybridized carbons (Fsp3) is 0.833. The standard InChI is InChI=1S/C12H22N2O4/c1-2-17-11(15)9-14-12(16)13-7-6-10-5-3-4-8-18-10/h10H,2-9H2,1H3,(H2,13,14,16). The molecular weight excluding hydrogens is 236 g/mol. The zero-order valence-electron chi connectivity index (χ0n) is 10.9. The minimum atomic E-state index is -0.428. The van der Waals surface area contributed by atoms with E-state index in [1.54, 1.807) is 6.92 Å². The first-order valence-corrected chi connectivity index (χ1v) is 6.51. The summed E-state index contributed by atoms with van der Waals surface area (Å²) in [7, 11) is 0. The van der Waals surface area contributed by atoms with E-state index in [2.05, 4.69) is 10.6 Å². The minimum Gasteiger partial charge on any atom is -0.465 e. The van der Waals surface area contributed by atoms with Gasteiger partial charge < -0.3 is 20.1 Å². The van der Waals surface area contributed by atoms with Crippen LogP contribution in [0.1, 0.15) is 32.6 Å². The van der Waals surface area contributed by atoms with E-state index in [0.717, 1.165) is 25.9 Å². The third-order valence-corrected chi connectivity index (χ3v) is 2.72. The summed E-state index contributed by atoms with van der Waals surface area (Å²) in [4.78, 5) is 22.3. The zero-order chi connectivity index (χ0) is 13.2. The summed E-state index contributed by atoms with van der Waals surface area (Å²) in [6.07, 6.45) is 4.45. The number of ether oxygens (including phenoxy) is 2. The molecule has 1 saturated heterocycles. The van der Waals surface area contributed by atoms with Gasteiger partial charge in [0.05, 0.1) is 12.7 Å². The van der Waals surface area contributed by atoms with Gasteiger partial charge in [-0.15, -0.1) is 0 Å². The molecule has 0 radical (unpaired) electrons. The number of amides is 2. The topological polar surface area (TPSA) is 76.7 Å². The second kappa shape index (κ2) is 8.74. The van der Waals surface area contributed by atoms with Crippen LogP contribution in [0.4, 0.5) is 4.79 Å². The summed E-state index contributed by atoms with van der Waals surface area (Å²) in [5.74, 6) is -0.428. The average molecular weight is 258 g/mol. The van der Waals surface area contributed by atoms with Gasteiger partial charge in [-0.1, -0.05) is 0 Å². The molecule has 1 fully saturated rings. The molecule has 1 heterocycles. The Labute approximate surface area is 107 Å². The van der Waals surface area contributed by atoms with Crippen LogP contribution in [0.15, 0.2) is 0 Å². The van der Waals surface area contributed by atoms with Gasteiger partial charge in [0.1, 0.15) is 6.54 Å². The fourth-order valence-electron chi connectivity index (χ4n) is 1.81. The molecule has 0 spiro atoms. The molecule has 0 saturated carbocycles. The minimum absolute atomic E-state index is 0.0976. The lowest BCUT2D eigenvalue weighted by atomic mass is 10.1. The van der Waals surface area contributed by atoms with Crippen molar-refractivity contribution in [1.82, 2.24) is 10.6 Å². The van der Waals surface area contributed by atoms with E-state index in [1.807, 2.05) is 0 Å². The number of nitrogens with one attached hydrogen (secondary N) is 2. The molecule has 104 valence electrons. The van der Waals surface area contributed by atoms with Crippen LogP contribution < -0.4 is 10.6 Å². The van der Waals surface area contributed by atoms with Crippen molar-refractivity contribution in [3.8, 4) is 0 Å². The second-order valence-corrected chi connectivity index (χ2v) is 4.19. The highest BCUT2D eigenvalue weighted by molar-refractivity contribution is 5.80. The number of hydrogen-bond donors (Lipinski definition) is 2. The molecule has 2 amide bonds. The summed E-state index contributed by atoms with van der Waals surface area (Å²) >= 11 is 0. The Balaban J connectivity index is 2.00. The van der Waals surface area contributed by atoms with E-state index in [1.165, 1.54) is 6.42 Å². The highest BCUT2D eigenvalue weighted by atomic mass is 16.5. The number of rotatable bonds is 6. The molecule has 1 atom stereocenters. The van der Waals surface area contributed by atoms with Gasteiger partial charge in [-0.3, -0.25) is 4.79 Å². The first-order chi connectivity index (χ1) is 8.72. The maximum atomic E-state index is 11.3. The van der Waals surface area contributed by atoms with Crippen molar-refractivity contribution in [2.75, 3.05) is 26.3 Å². The third-order valence-electron chi connectivity index (χ3n) is 2.72. The molecule has 0 aromatic heterocycles. The first-order valence-electron chi connectivity index (χ1n) is 6.51. The predicted molar refractivity (Wildman–Crippen MR) is 66.2 cm³/mol. The van der Waals surface area contributed by atoms with Crippen molar-refractivity contribution in [3.63, 3.8) is 0 Å². The summed E-state index contributed by atoms with van der Waals surface area (Å²) in [6, 6.07) is -0.348. The van der Waals surface area contributed by atoms with Gasteiger partial charge >= 0.3 is 12.0 Å². The Morgan fingerprint density at radius 3 is 2.83 bits per heavy atom. The molecule has 1 aliphatic heterocycles. The molecule has 2 N–H and O–H groups in total. The van der Waals surface area contributed by atoms with Gasteiger partial charge in [-0.2, -0.15) is 0 Å². The number of carbonyl (C=O) groups is 2. The Hall–Kier alpha value is -1.30. The van der Waals surface area contributed by atoms with Crippen LogP contribution in [0, 0.1) is 0 Å². The normalized spacial score (nSPS) is 19.1. The first kappa shape index (κ1) is 14.8. The molecule has 0 aliphatic carbocycles. The van der Waals surface area contributed by atoms with Gasteiger partial charge in [0.2, 0.25) is 0 Å². The van der Waals surface area contributed by atoms with Crippen LogP contribution in [-0.4, -0.2) is 44.4 Å². The molecule has 1 rings (SSSR count). The Morgan fingerprint density at radius 1 is 1.33 bits per heavy atom. The van der Waals surface area contributed by atoms with Crippen molar-refractivity contribution in [1.29, 1.82) is 0 Å². The lowest BCUT2D eigenvalue weighted by molar-refractivity contribution is -0.141. The molecule has 1 aliphatic rings. The molecule has 6 nitrogen and oxygen atoms in total. The van der Waals surface area contributed by atoms with E-state index in [-0.39, 0.29) is 18.7 Å². The van der Waals surface area contributed by atoms with E-state index in [4.69, 9.17) is 9.47 Å². The number of hydrogen-bond acceptors (Lipinski definition) is 4. The third kappa shape index (κ3) is 6.44. The highest BCUT2D eigenvalue weighted by Crippen LogP contribution is 2.14. The predicted octanol–water partition coefficient (Wildman–Crippen LogP) is 0.808. The van der Waals surface area contributed by atoms with Gasteiger partial charge in [-0.05, 0) is 32.6 Å². The summed E-state index contributed by atoms with van der Waals surface area (Å²) in [5, 5.41) is 5.13. The molecule has 0 aromatic rings. The van der Waals surface area contributed by atoms with Gasteiger partial charge in [0, 0.05) is 13.2 Å². The van der Waals surface area contributed by atoms with Gasteiger partial charge in [0.15, 0.2) is 0 Å². The largest absolute Gasteiger partial charge is 0.465 e. The van der Waals surface area contributed by atoms with Crippen molar-refractivity contribution < 1.29 is 19.1 Å². The van der Waals surface area contributed by atoms with Crippen molar-refractivity contribution >= 4 is 12.0 Å². The van der Waals surface area contributed by atoms with Crippen LogP contribution in [0.2, 0.25) is 0 Å². The molecular formula is C12H22N2O4. The molecule has 18 heavy (non-hydrogen) atoms. The molecule has 0 bridgehead atoms. The van der Waals surface area contributed by atoms with Crippen LogP contribution in [0.5, 0.6) is 0 Å². The number of urea groups is 1. The van der Waals surface area contributed by atoms with Crippen molar-refractivity contribution in [2.24, 2.45) is 0 Å². The van der Waals surface area contributed by atoms with Crippen LogP contribution in [0.3, 0.4) is 0 Å². The van der Waals surface area contributed by atoms with E-state index < -0.39 is 5.97 Å². The van der Waals surface area contributed by atoms with E-state index >= 15 is 0 Å². The van der Waals surface area contributed by atoms with Gasteiger partial charge in [-0.25, -0.2) is 4.79 Å². The maximum absolute atomic E-state index is 11.3. The van der Waals surface area contributed by atoms with E-state index in [9.17, 15) is 9.59 Å². The van der Waals surface area contributed by atoms with Crippen molar-refractivity contribution in [2.45, 2.75) is 38.7 Å². The molecule has 1 unspecified atom stereocenters. The quantitative estimate of drug-likeness (QED) is 0.691. The lowest BCUT2D eigenvalue weighted by Crippen LogP contribution is -2.40. The van der Waals surface area contributed by atoms with Crippen LogP contribution in [0.25, 0.3) is 0 Å². The molecule has 0 aromatic carbocycles. The SMILES string of the molecule is CCOC(=O)CNC(=O)NCCC1CCCCO1. The Kier molecular flexibility index (Phi) is 7.17. The maximum Gasteiger partial charge on any atom is 0.325 e. The van der Waals surface area contributed by atoms with E-state index in [0.29, 0.717) is 13.2 Å². The number of carbonyl (C=O) groups excluding carboxylic acids is 2. The number of esters is 1.